The Labute approximate surface area is 194 Å². The summed E-state index contributed by atoms with van der Waals surface area (Å²) in [5.41, 5.74) is 5.24. The lowest BCUT2D eigenvalue weighted by Crippen LogP contribution is -2.19. The first-order valence-electron chi connectivity index (χ1n) is 10.9. The Morgan fingerprint density at radius 1 is 1.03 bits per heavy atom. The summed E-state index contributed by atoms with van der Waals surface area (Å²) in [5, 5.41) is 2.81. The minimum atomic E-state index is -4.03. The third-order valence-electron chi connectivity index (χ3n) is 5.92. The van der Waals surface area contributed by atoms with Gasteiger partial charge in [0, 0.05) is 5.56 Å². The molecule has 0 bridgehead atoms. The van der Waals surface area contributed by atoms with Gasteiger partial charge in [0.05, 0.1) is 24.7 Å². The molecule has 1 heterocycles. The number of pyridine rings is 1. The number of hydrogen-bond donors (Lipinski definition) is 2. The molecule has 1 aliphatic rings. The molecule has 1 amide bonds. The second-order valence-electron chi connectivity index (χ2n) is 8.21. The number of nitrogens with zero attached hydrogens (tertiary/aromatic N) is 1. The fraction of sp³-hybridized carbons (Fsp3) is 0.280. The Morgan fingerprint density at radius 2 is 1.73 bits per heavy atom. The zero-order valence-electron chi connectivity index (χ0n) is 18.9. The van der Waals surface area contributed by atoms with E-state index in [1.807, 2.05) is 38.1 Å². The Kier molecular flexibility index (Phi) is 6.37. The molecule has 2 N–H and O–H groups in total. The Balaban J connectivity index is 1.65. The second kappa shape index (κ2) is 9.23. The predicted octanol–water partition coefficient (Wildman–Crippen LogP) is 4.64. The first-order valence-corrected chi connectivity index (χ1v) is 12.3. The summed E-state index contributed by atoms with van der Waals surface area (Å²) in [6.07, 6.45) is 5.39. The molecule has 0 unspecified atom stereocenters. The summed E-state index contributed by atoms with van der Waals surface area (Å²) in [5.74, 6) is -0.337. The van der Waals surface area contributed by atoms with Crippen LogP contribution in [0.5, 0.6) is 5.88 Å². The summed E-state index contributed by atoms with van der Waals surface area (Å²) in [7, 11) is -2.67. The molecule has 1 aliphatic carbocycles. The normalized spacial score (nSPS) is 13.2. The molecular weight excluding hydrogens is 438 g/mol. The van der Waals surface area contributed by atoms with Crippen LogP contribution in [0, 0.1) is 13.8 Å². The van der Waals surface area contributed by atoms with Gasteiger partial charge in [-0.3, -0.25) is 9.52 Å². The number of benzene rings is 2. The number of nitrogens with one attached hydrogen (secondary N) is 2. The van der Waals surface area contributed by atoms with E-state index >= 15 is 0 Å². The van der Waals surface area contributed by atoms with E-state index in [0.29, 0.717) is 11.3 Å². The van der Waals surface area contributed by atoms with Gasteiger partial charge in [-0.15, -0.1) is 0 Å². The summed E-state index contributed by atoms with van der Waals surface area (Å²) in [6, 6.07) is 12.6. The number of ether oxygens (including phenoxy) is 1. The highest BCUT2D eigenvalue weighted by molar-refractivity contribution is 7.92. The second-order valence-corrected chi connectivity index (χ2v) is 9.86. The van der Waals surface area contributed by atoms with Crippen molar-refractivity contribution in [2.45, 2.75) is 44.4 Å². The van der Waals surface area contributed by atoms with E-state index in [9.17, 15) is 13.2 Å². The molecule has 7 nitrogen and oxygen atoms in total. The number of hydrogen-bond acceptors (Lipinski definition) is 5. The van der Waals surface area contributed by atoms with Crippen molar-refractivity contribution in [1.29, 1.82) is 0 Å². The summed E-state index contributed by atoms with van der Waals surface area (Å²) >= 11 is 0. The molecule has 4 rings (SSSR count). The van der Waals surface area contributed by atoms with Crippen LogP contribution < -0.4 is 14.8 Å². The first kappa shape index (κ1) is 22.8. The zero-order chi connectivity index (χ0) is 23.6. The lowest BCUT2D eigenvalue weighted by molar-refractivity contribution is 0.102. The van der Waals surface area contributed by atoms with Gasteiger partial charge in [0.15, 0.2) is 4.90 Å². The van der Waals surface area contributed by atoms with E-state index in [0.717, 1.165) is 42.4 Å². The van der Waals surface area contributed by atoms with Crippen molar-refractivity contribution in [3.05, 3.63) is 76.5 Å². The number of sulfonamides is 1. The number of aromatic nitrogens is 1. The average molecular weight is 466 g/mol. The molecule has 0 spiro atoms. The van der Waals surface area contributed by atoms with E-state index in [1.165, 1.54) is 24.9 Å². The molecule has 0 atom stereocenters. The number of carbonyl (C=O) groups excluding carboxylic acids is 1. The molecule has 0 saturated heterocycles. The predicted molar refractivity (Wildman–Crippen MR) is 129 cm³/mol. The number of amides is 1. The SMILES string of the molecule is COc1ncc(NC(=O)c2cccc3c2CCCC3)cc1S(=O)(=O)Nc1c(C)cccc1C. The van der Waals surface area contributed by atoms with Gasteiger partial charge < -0.3 is 10.1 Å². The highest BCUT2D eigenvalue weighted by Crippen LogP contribution is 2.30. The number of anilines is 2. The molecular formula is C25H27N3O4S. The van der Waals surface area contributed by atoms with Crippen LogP contribution in [0.3, 0.4) is 0 Å². The third kappa shape index (κ3) is 4.71. The molecule has 2 aromatic carbocycles. The van der Waals surface area contributed by atoms with Gasteiger partial charge in [-0.1, -0.05) is 30.3 Å². The number of rotatable bonds is 6. The van der Waals surface area contributed by atoms with Gasteiger partial charge in [-0.2, -0.15) is 0 Å². The molecule has 0 aliphatic heterocycles. The van der Waals surface area contributed by atoms with E-state index < -0.39 is 10.0 Å². The van der Waals surface area contributed by atoms with Crippen molar-refractivity contribution in [1.82, 2.24) is 4.98 Å². The molecule has 172 valence electrons. The van der Waals surface area contributed by atoms with Crippen LogP contribution >= 0.6 is 0 Å². The maximum atomic E-state index is 13.2. The standard InChI is InChI=1S/C25H27N3O4S/c1-16-8-6-9-17(2)23(16)28-33(30,31)22-14-19(15-26-25(22)32-3)27-24(29)21-13-7-11-18-10-4-5-12-20(18)21/h6-9,11,13-15,28H,4-5,10,12H2,1-3H3,(H,27,29). The van der Waals surface area contributed by atoms with Crippen molar-refractivity contribution in [2.24, 2.45) is 0 Å². The van der Waals surface area contributed by atoms with Crippen LogP contribution in [-0.2, 0) is 22.9 Å². The molecule has 33 heavy (non-hydrogen) atoms. The highest BCUT2D eigenvalue weighted by Gasteiger charge is 2.24. The van der Waals surface area contributed by atoms with Gasteiger partial charge in [0.25, 0.3) is 15.9 Å². The molecule has 0 fully saturated rings. The van der Waals surface area contributed by atoms with Crippen molar-refractivity contribution in [2.75, 3.05) is 17.1 Å². The van der Waals surface area contributed by atoms with Crippen molar-refractivity contribution in [3.8, 4) is 5.88 Å². The third-order valence-corrected chi connectivity index (χ3v) is 7.26. The highest BCUT2D eigenvalue weighted by atomic mass is 32.2. The Morgan fingerprint density at radius 3 is 2.45 bits per heavy atom. The van der Waals surface area contributed by atoms with Crippen LogP contribution in [0.1, 0.15) is 45.5 Å². The van der Waals surface area contributed by atoms with Crippen LogP contribution in [0.25, 0.3) is 0 Å². The summed E-state index contributed by atoms with van der Waals surface area (Å²) in [4.78, 5) is 17.0. The fourth-order valence-electron chi connectivity index (χ4n) is 4.20. The maximum Gasteiger partial charge on any atom is 0.267 e. The lowest BCUT2D eigenvalue weighted by atomic mass is 9.88. The van der Waals surface area contributed by atoms with Crippen LogP contribution in [-0.4, -0.2) is 26.4 Å². The van der Waals surface area contributed by atoms with Crippen LogP contribution in [0.4, 0.5) is 11.4 Å². The lowest BCUT2D eigenvalue weighted by Gasteiger charge is -2.19. The molecule has 0 radical (unpaired) electrons. The van der Waals surface area contributed by atoms with E-state index in [-0.39, 0.29) is 22.4 Å². The van der Waals surface area contributed by atoms with E-state index in [2.05, 4.69) is 21.1 Å². The summed E-state index contributed by atoms with van der Waals surface area (Å²) < 4.78 is 34.3. The van der Waals surface area contributed by atoms with Gasteiger partial charge in [0.2, 0.25) is 5.88 Å². The topological polar surface area (TPSA) is 97.4 Å². The number of methoxy groups -OCH3 is 1. The van der Waals surface area contributed by atoms with Crippen molar-refractivity contribution < 1.29 is 17.9 Å². The van der Waals surface area contributed by atoms with E-state index in [1.54, 1.807) is 6.07 Å². The van der Waals surface area contributed by atoms with Gasteiger partial charge in [-0.25, -0.2) is 13.4 Å². The van der Waals surface area contributed by atoms with Crippen LogP contribution in [0.15, 0.2) is 53.6 Å². The summed E-state index contributed by atoms with van der Waals surface area (Å²) in [6.45, 7) is 3.66. The maximum absolute atomic E-state index is 13.2. The van der Waals surface area contributed by atoms with Gasteiger partial charge >= 0.3 is 0 Å². The molecule has 0 saturated carbocycles. The minimum Gasteiger partial charge on any atom is -0.480 e. The largest absolute Gasteiger partial charge is 0.480 e. The Hall–Kier alpha value is -3.39. The number of para-hydroxylation sites is 1. The fourth-order valence-corrected chi connectivity index (χ4v) is 5.55. The van der Waals surface area contributed by atoms with Crippen molar-refractivity contribution in [3.63, 3.8) is 0 Å². The van der Waals surface area contributed by atoms with Crippen molar-refractivity contribution >= 4 is 27.3 Å². The zero-order valence-corrected chi connectivity index (χ0v) is 19.8. The quantitative estimate of drug-likeness (QED) is 0.553. The number of fused-ring (bicyclic) bond motifs is 1. The molecule has 3 aromatic rings. The monoisotopic (exact) mass is 465 g/mol. The molecule has 1 aromatic heterocycles. The first-order chi connectivity index (χ1) is 15.8. The van der Waals surface area contributed by atoms with E-state index in [4.69, 9.17) is 4.74 Å². The van der Waals surface area contributed by atoms with Gasteiger partial charge in [0.1, 0.15) is 0 Å². The minimum absolute atomic E-state index is 0.0520. The number of aryl methyl sites for hydroxylation is 3. The number of carbonyl (C=O) groups is 1. The van der Waals surface area contributed by atoms with Gasteiger partial charge in [-0.05, 0) is 73.9 Å². The Bertz CT molecular complexity index is 1300. The smallest absolute Gasteiger partial charge is 0.267 e. The molecule has 8 heteroatoms. The average Bonchev–Trinajstić information content (AvgIpc) is 2.81. The van der Waals surface area contributed by atoms with Crippen LogP contribution in [0.2, 0.25) is 0 Å².